The van der Waals surface area contributed by atoms with E-state index < -0.39 is 0 Å². The Kier molecular flexibility index (Phi) is 4.44. The van der Waals surface area contributed by atoms with E-state index in [1.807, 2.05) is 23.6 Å². The van der Waals surface area contributed by atoms with Gasteiger partial charge in [-0.05, 0) is 11.8 Å². The third-order valence-corrected chi connectivity index (χ3v) is 2.89. The van der Waals surface area contributed by atoms with Crippen LogP contribution in [0.15, 0.2) is 30.3 Å². The van der Waals surface area contributed by atoms with Crippen molar-refractivity contribution in [1.29, 1.82) is 5.26 Å². The normalized spacial score (nSPS) is 9.15. The molecule has 2 nitrogen and oxygen atoms in total. The molecule has 0 radical (unpaired) electrons. The molecule has 4 heteroatoms. The van der Waals surface area contributed by atoms with E-state index in [-0.39, 0.29) is 5.12 Å². The van der Waals surface area contributed by atoms with E-state index in [2.05, 4.69) is 0 Å². The largest absolute Gasteiger partial charge is 0.282 e. The third-order valence-electron chi connectivity index (χ3n) is 1.32. The summed E-state index contributed by atoms with van der Waals surface area (Å²) in [7, 11) is 0. The number of nitriles is 1. The number of thiocyanates is 1. The van der Waals surface area contributed by atoms with Gasteiger partial charge in [-0.15, -0.1) is 0 Å². The average molecular weight is 209 g/mol. The smallest absolute Gasteiger partial charge is 0.220 e. The van der Waals surface area contributed by atoms with E-state index in [9.17, 15) is 4.79 Å². The first-order chi connectivity index (χ1) is 6.34. The van der Waals surface area contributed by atoms with Crippen LogP contribution < -0.4 is 0 Å². The van der Waals surface area contributed by atoms with E-state index in [4.69, 9.17) is 5.26 Å². The van der Waals surface area contributed by atoms with Gasteiger partial charge in [-0.25, -0.2) is 0 Å². The van der Waals surface area contributed by atoms with Gasteiger partial charge in [0.15, 0.2) is 0 Å². The van der Waals surface area contributed by atoms with Crippen molar-refractivity contribution in [2.75, 3.05) is 5.08 Å². The van der Waals surface area contributed by atoms with Gasteiger partial charge in [0, 0.05) is 5.56 Å². The molecule has 0 aromatic heterocycles. The lowest BCUT2D eigenvalue weighted by molar-refractivity contribution is 0.108. The van der Waals surface area contributed by atoms with Crippen LogP contribution in [0.25, 0.3) is 0 Å². The summed E-state index contributed by atoms with van der Waals surface area (Å²) in [6.07, 6.45) is 0. The highest BCUT2D eigenvalue weighted by Crippen LogP contribution is 2.16. The topological polar surface area (TPSA) is 40.9 Å². The lowest BCUT2D eigenvalue weighted by Crippen LogP contribution is -1.92. The molecule has 0 spiro atoms. The highest BCUT2D eigenvalue weighted by Gasteiger charge is 2.04. The summed E-state index contributed by atoms with van der Waals surface area (Å²) in [5.41, 5.74) is 0.686. The molecule has 0 saturated carbocycles. The minimum absolute atomic E-state index is 0.0170. The summed E-state index contributed by atoms with van der Waals surface area (Å²) < 4.78 is 0. The fraction of sp³-hybridized carbons (Fsp3) is 0.111. The Morgan fingerprint density at radius 2 is 2.08 bits per heavy atom. The number of carbonyl (C=O) groups excluding carboxylic acids is 1. The van der Waals surface area contributed by atoms with Gasteiger partial charge in [0.25, 0.3) is 0 Å². The van der Waals surface area contributed by atoms with E-state index >= 15 is 0 Å². The zero-order valence-corrected chi connectivity index (χ0v) is 8.40. The number of hydrogen-bond donors (Lipinski definition) is 0. The van der Waals surface area contributed by atoms with Gasteiger partial charge in [0.05, 0.1) is 5.08 Å². The molecule has 0 saturated heterocycles. The van der Waals surface area contributed by atoms with Crippen molar-refractivity contribution < 1.29 is 4.79 Å². The van der Waals surface area contributed by atoms with Crippen LogP contribution in [0.1, 0.15) is 10.4 Å². The number of hydrogen-bond acceptors (Lipinski definition) is 4. The lowest BCUT2D eigenvalue weighted by atomic mass is 10.2. The zero-order valence-electron chi connectivity index (χ0n) is 6.77. The molecule has 1 rings (SSSR count). The van der Waals surface area contributed by atoms with Gasteiger partial charge in [0.1, 0.15) is 5.40 Å². The number of rotatable bonds is 3. The maximum atomic E-state index is 11.4. The van der Waals surface area contributed by atoms with Gasteiger partial charge in [-0.1, -0.05) is 42.1 Å². The Morgan fingerprint density at radius 3 is 2.69 bits per heavy atom. The van der Waals surface area contributed by atoms with Gasteiger partial charge in [-0.3, -0.25) is 4.79 Å². The minimum atomic E-state index is 0.0170. The summed E-state index contributed by atoms with van der Waals surface area (Å²) in [4.78, 5) is 11.4. The predicted molar refractivity (Wildman–Crippen MR) is 56.4 cm³/mol. The van der Waals surface area contributed by atoms with Crippen LogP contribution in [0, 0.1) is 10.7 Å². The van der Waals surface area contributed by atoms with Gasteiger partial charge < -0.3 is 0 Å². The van der Waals surface area contributed by atoms with Crippen molar-refractivity contribution >= 4 is 28.6 Å². The number of nitrogens with zero attached hydrogens (tertiary/aromatic N) is 1. The maximum Gasteiger partial charge on any atom is 0.220 e. The summed E-state index contributed by atoms with van der Waals surface area (Å²) in [5.74, 6) is 0. The molecule has 0 aliphatic heterocycles. The van der Waals surface area contributed by atoms with Gasteiger partial charge in [0.2, 0.25) is 5.12 Å². The van der Waals surface area contributed by atoms with Crippen LogP contribution >= 0.6 is 23.5 Å². The second-order valence-electron chi connectivity index (χ2n) is 2.15. The van der Waals surface area contributed by atoms with E-state index in [1.165, 1.54) is 0 Å². The van der Waals surface area contributed by atoms with Gasteiger partial charge in [-0.2, -0.15) is 5.26 Å². The summed E-state index contributed by atoms with van der Waals surface area (Å²) in [6, 6.07) is 9.06. The third kappa shape index (κ3) is 3.53. The fourth-order valence-electron chi connectivity index (χ4n) is 0.767. The van der Waals surface area contributed by atoms with Crippen molar-refractivity contribution in [3.63, 3.8) is 0 Å². The Balaban J connectivity index is 2.46. The molecule has 0 heterocycles. The Hall–Kier alpha value is -0.920. The maximum absolute atomic E-state index is 11.4. The highest BCUT2D eigenvalue weighted by molar-refractivity contribution is 8.25. The van der Waals surface area contributed by atoms with Crippen LogP contribution in [0.4, 0.5) is 0 Å². The second-order valence-corrected chi connectivity index (χ2v) is 4.22. The van der Waals surface area contributed by atoms with Crippen LogP contribution in [-0.4, -0.2) is 10.2 Å². The first-order valence-electron chi connectivity index (χ1n) is 3.57. The molecular formula is C9H7NOS2. The molecule has 1 aromatic carbocycles. The van der Waals surface area contributed by atoms with E-state index in [0.29, 0.717) is 10.6 Å². The van der Waals surface area contributed by atoms with Crippen LogP contribution in [0.5, 0.6) is 0 Å². The quantitative estimate of drug-likeness (QED) is 0.436. The molecule has 0 aliphatic carbocycles. The molecule has 0 aliphatic rings. The summed E-state index contributed by atoms with van der Waals surface area (Å²) >= 11 is 2.23. The average Bonchev–Trinajstić information content (AvgIpc) is 2.19. The van der Waals surface area contributed by atoms with Crippen molar-refractivity contribution in [3.05, 3.63) is 35.9 Å². The summed E-state index contributed by atoms with van der Waals surface area (Å²) in [6.45, 7) is 0. The zero-order chi connectivity index (χ0) is 9.52. The molecule has 0 unspecified atom stereocenters. The standard InChI is InChI=1S/C9H7NOS2/c10-6-12-7-13-9(11)8-4-2-1-3-5-8/h1-5H,7H2. The Labute approximate surface area is 85.3 Å². The molecule has 0 amide bonds. The molecular weight excluding hydrogens is 202 g/mol. The van der Waals surface area contributed by atoms with Crippen LogP contribution in [-0.2, 0) is 0 Å². The monoisotopic (exact) mass is 209 g/mol. The van der Waals surface area contributed by atoms with E-state index in [1.54, 1.807) is 12.1 Å². The second kappa shape index (κ2) is 5.68. The Morgan fingerprint density at radius 1 is 1.38 bits per heavy atom. The molecule has 1 aromatic rings. The predicted octanol–water partition coefficient (Wildman–Crippen LogP) is 2.73. The van der Waals surface area contributed by atoms with Crippen LogP contribution in [0.2, 0.25) is 0 Å². The SMILES string of the molecule is N#CSCSC(=O)c1ccccc1. The molecule has 13 heavy (non-hydrogen) atoms. The van der Waals surface area contributed by atoms with Crippen molar-refractivity contribution in [2.45, 2.75) is 0 Å². The first-order valence-corrected chi connectivity index (χ1v) is 5.55. The Bertz CT molecular complexity index is 318. The van der Waals surface area contributed by atoms with Crippen molar-refractivity contribution in [1.82, 2.24) is 0 Å². The summed E-state index contributed by atoms with van der Waals surface area (Å²) in [5, 5.41) is 10.7. The first kappa shape index (κ1) is 10.2. The fourth-order valence-corrected chi connectivity index (χ4v) is 1.94. The lowest BCUT2D eigenvalue weighted by Gasteiger charge is -1.96. The van der Waals surface area contributed by atoms with Crippen molar-refractivity contribution in [3.8, 4) is 5.40 Å². The molecule has 0 fully saturated rings. The molecule has 66 valence electrons. The van der Waals surface area contributed by atoms with Crippen molar-refractivity contribution in [2.24, 2.45) is 0 Å². The number of thioether (sulfide) groups is 2. The van der Waals surface area contributed by atoms with E-state index in [0.717, 1.165) is 23.5 Å². The van der Waals surface area contributed by atoms with Crippen LogP contribution in [0.3, 0.4) is 0 Å². The highest BCUT2D eigenvalue weighted by atomic mass is 32.2. The van der Waals surface area contributed by atoms with Gasteiger partial charge >= 0.3 is 0 Å². The minimum Gasteiger partial charge on any atom is -0.282 e. The number of benzene rings is 1. The molecule has 0 N–H and O–H groups in total. The number of carbonyl (C=O) groups is 1. The molecule has 0 atom stereocenters. The molecule has 0 bridgehead atoms.